The Balaban J connectivity index is 1.49. The molecule has 6 nitrogen and oxygen atoms in total. The van der Waals surface area contributed by atoms with Gasteiger partial charge in [-0.2, -0.15) is 8.78 Å². The number of allylic oxidation sites excluding steroid dienone is 1. The van der Waals surface area contributed by atoms with Crippen LogP contribution < -0.4 is 19.1 Å². The van der Waals surface area contributed by atoms with E-state index in [1.165, 1.54) is 19.1 Å². The van der Waals surface area contributed by atoms with Crippen LogP contribution in [0.15, 0.2) is 42.2 Å². The molecule has 0 fully saturated rings. The summed E-state index contributed by atoms with van der Waals surface area (Å²) in [5.74, 6) is -14.3. The zero-order chi connectivity index (χ0) is 27.0. The van der Waals surface area contributed by atoms with Crippen LogP contribution in [0.2, 0.25) is 0 Å². The van der Waals surface area contributed by atoms with Crippen LogP contribution in [0.1, 0.15) is 21.5 Å². The van der Waals surface area contributed by atoms with Crippen molar-refractivity contribution in [3.63, 3.8) is 0 Å². The molecule has 0 spiro atoms. The molecule has 1 aliphatic heterocycles. The number of esters is 1. The Morgan fingerprint density at radius 1 is 0.919 bits per heavy atom. The smallest absolute Gasteiger partial charge is 0.349 e. The maximum atomic E-state index is 13.7. The van der Waals surface area contributed by atoms with Crippen molar-refractivity contribution in [3.8, 4) is 17.2 Å². The third-order valence-electron chi connectivity index (χ3n) is 5.47. The molecule has 3 aromatic carbocycles. The van der Waals surface area contributed by atoms with Crippen LogP contribution in [-0.4, -0.2) is 32.5 Å². The molecule has 0 aliphatic carbocycles. The number of halogens is 5. The van der Waals surface area contributed by atoms with Crippen LogP contribution in [-0.2, 0) is 4.79 Å². The Morgan fingerprint density at radius 3 is 2.11 bits per heavy atom. The third-order valence-corrected chi connectivity index (χ3v) is 5.47. The minimum atomic E-state index is -2.35. The first kappa shape index (κ1) is 25.7. The SMILES string of the molecule is Cc1c(OC(=O)COc2c(F)c(F)c(F)c(F)c2F)ccc2c1O/C(=C\c1ccc(N(C)C)cc1)C2=O. The molecule has 0 aromatic heterocycles. The quantitative estimate of drug-likeness (QED) is 0.109. The molecule has 37 heavy (non-hydrogen) atoms. The Morgan fingerprint density at radius 2 is 1.51 bits per heavy atom. The number of Topliss-reactive ketones (excluding diaryl/α,β-unsaturated/α-hetero) is 1. The van der Waals surface area contributed by atoms with Gasteiger partial charge < -0.3 is 19.1 Å². The summed E-state index contributed by atoms with van der Waals surface area (Å²) in [5, 5.41) is 0. The lowest BCUT2D eigenvalue weighted by atomic mass is 10.1. The second kappa shape index (κ2) is 9.92. The van der Waals surface area contributed by atoms with Crippen LogP contribution in [0, 0.1) is 36.0 Å². The molecule has 3 aromatic rings. The molecule has 0 amide bonds. The van der Waals surface area contributed by atoms with Gasteiger partial charge in [-0.25, -0.2) is 18.0 Å². The molecule has 0 atom stereocenters. The highest BCUT2D eigenvalue weighted by atomic mass is 19.2. The van der Waals surface area contributed by atoms with Gasteiger partial charge in [0.15, 0.2) is 18.1 Å². The van der Waals surface area contributed by atoms with Gasteiger partial charge in [0.1, 0.15) is 11.5 Å². The van der Waals surface area contributed by atoms with Crippen LogP contribution in [0.25, 0.3) is 6.08 Å². The molecule has 0 unspecified atom stereocenters. The van der Waals surface area contributed by atoms with Gasteiger partial charge in [-0.05, 0) is 42.8 Å². The number of ether oxygens (including phenoxy) is 3. The van der Waals surface area contributed by atoms with Crippen LogP contribution in [0.4, 0.5) is 27.6 Å². The second-order valence-electron chi connectivity index (χ2n) is 8.15. The molecule has 0 saturated carbocycles. The number of anilines is 1. The lowest BCUT2D eigenvalue weighted by Gasteiger charge is -2.12. The first-order valence-corrected chi connectivity index (χ1v) is 10.7. The monoisotopic (exact) mass is 519 g/mol. The summed E-state index contributed by atoms with van der Waals surface area (Å²) in [4.78, 5) is 26.9. The number of rotatable bonds is 6. The van der Waals surface area contributed by atoms with Crippen molar-refractivity contribution in [1.29, 1.82) is 0 Å². The van der Waals surface area contributed by atoms with Gasteiger partial charge in [0, 0.05) is 25.3 Å². The standard InChI is InChI=1S/C26H18F5NO5/c1-12-16(36-18(33)11-35-26-22(30)20(28)19(27)21(29)23(26)31)9-8-15-24(34)17(37-25(12)15)10-13-4-6-14(7-5-13)32(2)3/h4-10H,11H2,1-3H3/b17-10-. The Labute approximate surface area is 207 Å². The maximum absolute atomic E-state index is 13.7. The lowest BCUT2D eigenvalue weighted by molar-refractivity contribution is -0.136. The fourth-order valence-corrected chi connectivity index (χ4v) is 3.49. The van der Waals surface area contributed by atoms with Crippen LogP contribution >= 0.6 is 0 Å². The summed E-state index contributed by atoms with van der Waals surface area (Å²) in [6.45, 7) is 0.344. The average Bonchev–Trinajstić information content (AvgIpc) is 3.19. The molecule has 192 valence electrons. The topological polar surface area (TPSA) is 65.1 Å². The van der Waals surface area contributed by atoms with E-state index in [1.807, 2.05) is 43.3 Å². The number of hydrogen-bond donors (Lipinski definition) is 0. The molecule has 1 heterocycles. The van der Waals surface area contributed by atoms with Gasteiger partial charge in [0.05, 0.1) is 5.56 Å². The number of ketones is 1. The number of fused-ring (bicyclic) bond motifs is 1. The highest BCUT2D eigenvalue weighted by Crippen LogP contribution is 2.39. The van der Waals surface area contributed by atoms with E-state index in [0.29, 0.717) is 0 Å². The van der Waals surface area contributed by atoms with Crippen LogP contribution in [0.3, 0.4) is 0 Å². The number of carbonyl (C=O) groups is 2. The highest BCUT2D eigenvalue weighted by molar-refractivity contribution is 6.15. The zero-order valence-electron chi connectivity index (χ0n) is 19.6. The minimum Gasteiger partial charge on any atom is -0.476 e. The summed E-state index contributed by atoms with van der Waals surface area (Å²) in [5.41, 5.74) is 2.18. The van der Waals surface area contributed by atoms with E-state index in [-0.39, 0.29) is 34.2 Å². The Hall–Kier alpha value is -4.41. The van der Waals surface area contributed by atoms with Crippen molar-refractivity contribution in [3.05, 3.63) is 87.9 Å². The summed E-state index contributed by atoms with van der Waals surface area (Å²) < 4.78 is 82.5. The molecule has 4 rings (SSSR count). The predicted molar refractivity (Wildman–Crippen MR) is 122 cm³/mol. The molecular formula is C26H18F5NO5. The number of benzene rings is 3. The molecule has 0 bridgehead atoms. The number of hydrogen-bond acceptors (Lipinski definition) is 6. The van der Waals surface area contributed by atoms with Gasteiger partial charge in [-0.15, -0.1) is 0 Å². The number of carbonyl (C=O) groups excluding carboxylic acids is 2. The molecule has 0 saturated heterocycles. The van der Waals surface area contributed by atoms with E-state index in [4.69, 9.17) is 9.47 Å². The Kier molecular flexibility index (Phi) is 6.88. The second-order valence-corrected chi connectivity index (χ2v) is 8.15. The summed E-state index contributed by atoms with van der Waals surface area (Å²) >= 11 is 0. The number of nitrogens with zero attached hydrogens (tertiary/aromatic N) is 1. The first-order chi connectivity index (χ1) is 17.5. The normalized spacial score (nSPS) is 13.4. The van der Waals surface area contributed by atoms with Crippen molar-refractivity contribution in [1.82, 2.24) is 0 Å². The summed E-state index contributed by atoms with van der Waals surface area (Å²) in [6, 6.07) is 10.0. The molecule has 0 radical (unpaired) electrons. The van der Waals surface area contributed by atoms with Gasteiger partial charge in [-0.3, -0.25) is 4.79 Å². The van der Waals surface area contributed by atoms with Crippen molar-refractivity contribution in [2.24, 2.45) is 0 Å². The van der Waals surface area contributed by atoms with E-state index in [0.717, 1.165) is 11.3 Å². The van der Waals surface area contributed by atoms with Crippen LogP contribution in [0.5, 0.6) is 17.2 Å². The summed E-state index contributed by atoms with van der Waals surface area (Å²) in [6.07, 6.45) is 1.56. The van der Waals surface area contributed by atoms with E-state index in [9.17, 15) is 31.5 Å². The first-order valence-electron chi connectivity index (χ1n) is 10.7. The van der Waals surface area contributed by atoms with E-state index >= 15 is 0 Å². The Bertz CT molecular complexity index is 1420. The van der Waals surface area contributed by atoms with E-state index < -0.39 is 47.4 Å². The van der Waals surface area contributed by atoms with Crippen molar-refractivity contribution in [2.45, 2.75) is 6.92 Å². The molecule has 1 aliphatic rings. The largest absolute Gasteiger partial charge is 0.476 e. The van der Waals surface area contributed by atoms with Crippen molar-refractivity contribution < 1.29 is 45.8 Å². The van der Waals surface area contributed by atoms with Gasteiger partial charge in [-0.1, -0.05) is 12.1 Å². The molecule has 0 N–H and O–H groups in total. The minimum absolute atomic E-state index is 0.0498. The fraction of sp³-hybridized carbons (Fsp3) is 0.154. The zero-order valence-corrected chi connectivity index (χ0v) is 19.6. The van der Waals surface area contributed by atoms with Crippen molar-refractivity contribution >= 4 is 23.5 Å². The average molecular weight is 519 g/mol. The molecular weight excluding hydrogens is 501 g/mol. The lowest BCUT2D eigenvalue weighted by Crippen LogP contribution is -2.20. The molecule has 11 heteroatoms. The van der Waals surface area contributed by atoms with Crippen molar-refractivity contribution in [2.75, 3.05) is 25.6 Å². The fourth-order valence-electron chi connectivity index (χ4n) is 3.49. The van der Waals surface area contributed by atoms with E-state index in [1.54, 1.807) is 6.08 Å². The van der Waals surface area contributed by atoms with Gasteiger partial charge in [0.25, 0.3) is 0 Å². The predicted octanol–water partition coefficient (Wildman–Crippen LogP) is 5.36. The van der Waals surface area contributed by atoms with Gasteiger partial charge >= 0.3 is 5.97 Å². The van der Waals surface area contributed by atoms with Gasteiger partial charge in [0.2, 0.25) is 34.9 Å². The van der Waals surface area contributed by atoms with E-state index in [2.05, 4.69) is 4.74 Å². The third kappa shape index (κ3) is 4.84. The summed E-state index contributed by atoms with van der Waals surface area (Å²) in [7, 11) is 3.79. The highest BCUT2D eigenvalue weighted by Gasteiger charge is 2.31. The maximum Gasteiger partial charge on any atom is 0.349 e.